The first-order valence-electron chi connectivity index (χ1n) is 8.77. The molecular weight excluding hydrogens is 352 g/mol. The van der Waals surface area contributed by atoms with Crippen LogP contribution in [0.3, 0.4) is 0 Å². The Kier molecular flexibility index (Phi) is 4.99. The Morgan fingerprint density at radius 1 is 0.963 bits per heavy atom. The minimum absolute atomic E-state index is 0.837. The first-order chi connectivity index (χ1) is 13.2. The minimum Gasteiger partial charge on any atom is -0.497 e. The Hall–Kier alpha value is -2.98. The molecule has 27 heavy (non-hydrogen) atoms. The van der Waals surface area contributed by atoms with Gasteiger partial charge in [-0.2, -0.15) is 0 Å². The highest BCUT2D eigenvalue weighted by Gasteiger charge is 2.18. The molecule has 0 aliphatic carbocycles. The summed E-state index contributed by atoms with van der Waals surface area (Å²) in [4.78, 5) is 6.00. The van der Waals surface area contributed by atoms with Gasteiger partial charge in [-0.05, 0) is 55.0 Å². The fourth-order valence-corrected chi connectivity index (χ4v) is 3.88. The lowest BCUT2D eigenvalue weighted by molar-refractivity contribution is 0.415. The number of aliphatic imine (C=N–C) groups is 1. The molecule has 0 amide bonds. The molecule has 3 nitrogen and oxygen atoms in total. The van der Waals surface area contributed by atoms with E-state index in [1.807, 2.05) is 30.3 Å². The SMILES string of the molecule is COc1ccc(NC2=Nc3ccc(C)cc3/C(=C/c3ccccc3)S2)cc1. The van der Waals surface area contributed by atoms with E-state index in [1.54, 1.807) is 18.9 Å². The lowest BCUT2D eigenvalue weighted by Gasteiger charge is -2.20. The van der Waals surface area contributed by atoms with Crippen LogP contribution in [0, 0.1) is 6.92 Å². The lowest BCUT2D eigenvalue weighted by atomic mass is 10.1. The quantitative estimate of drug-likeness (QED) is 0.582. The van der Waals surface area contributed by atoms with E-state index < -0.39 is 0 Å². The van der Waals surface area contributed by atoms with E-state index in [1.165, 1.54) is 21.6 Å². The summed E-state index contributed by atoms with van der Waals surface area (Å²) < 4.78 is 5.23. The third-order valence-corrected chi connectivity index (χ3v) is 5.23. The van der Waals surface area contributed by atoms with Crippen molar-refractivity contribution >= 4 is 39.3 Å². The van der Waals surface area contributed by atoms with Gasteiger partial charge in [-0.1, -0.05) is 53.7 Å². The summed E-state index contributed by atoms with van der Waals surface area (Å²) in [6.45, 7) is 2.11. The van der Waals surface area contributed by atoms with Gasteiger partial charge in [0.05, 0.1) is 12.8 Å². The number of fused-ring (bicyclic) bond motifs is 1. The Morgan fingerprint density at radius 2 is 1.74 bits per heavy atom. The van der Waals surface area contributed by atoms with Gasteiger partial charge in [-0.15, -0.1) is 0 Å². The van der Waals surface area contributed by atoms with Crippen LogP contribution in [0.5, 0.6) is 5.75 Å². The number of aryl methyl sites for hydroxylation is 1. The zero-order valence-electron chi connectivity index (χ0n) is 15.3. The molecule has 4 heteroatoms. The van der Waals surface area contributed by atoms with Gasteiger partial charge in [0, 0.05) is 16.2 Å². The molecule has 0 unspecified atom stereocenters. The molecule has 134 valence electrons. The summed E-state index contributed by atoms with van der Waals surface area (Å²) in [5.41, 5.74) is 5.55. The second-order valence-corrected chi connectivity index (χ2v) is 7.34. The Labute approximate surface area is 163 Å². The third kappa shape index (κ3) is 4.07. The lowest BCUT2D eigenvalue weighted by Crippen LogP contribution is -2.10. The first kappa shape index (κ1) is 17.4. The summed E-state index contributed by atoms with van der Waals surface area (Å²) in [6.07, 6.45) is 2.22. The molecule has 0 aromatic heterocycles. The normalized spacial score (nSPS) is 14.4. The molecule has 3 aromatic carbocycles. The van der Waals surface area contributed by atoms with Gasteiger partial charge in [0.25, 0.3) is 0 Å². The molecule has 0 saturated carbocycles. The van der Waals surface area contributed by atoms with Crippen molar-refractivity contribution in [1.82, 2.24) is 0 Å². The number of nitrogens with one attached hydrogen (secondary N) is 1. The molecule has 0 spiro atoms. The van der Waals surface area contributed by atoms with Crippen LogP contribution in [0.15, 0.2) is 77.8 Å². The fraction of sp³-hybridized carbons (Fsp3) is 0.0870. The van der Waals surface area contributed by atoms with Crippen LogP contribution in [0.2, 0.25) is 0 Å². The summed E-state index contributed by atoms with van der Waals surface area (Å²) in [6, 6.07) is 24.6. The van der Waals surface area contributed by atoms with Crippen LogP contribution in [0.1, 0.15) is 16.7 Å². The fourth-order valence-electron chi connectivity index (χ4n) is 2.90. The number of benzene rings is 3. The molecule has 3 aromatic rings. The van der Waals surface area contributed by atoms with E-state index >= 15 is 0 Å². The summed E-state index contributed by atoms with van der Waals surface area (Å²) in [7, 11) is 1.67. The van der Waals surface area contributed by atoms with Crippen molar-refractivity contribution in [2.75, 3.05) is 12.4 Å². The summed E-state index contributed by atoms with van der Waals surface area (Å²) in [5.74, 6) is 0.837. The number of rotatable bonds is 3. The van der Waals surface area contributed by atoms with Crippen LogP contribution < -0.4 is 10.1 Å². The summed E-state index contributed by atoms with van der Waals surface area (Å²) in [5, 5.41) is 4.28. The maximum absolute atomic E-state index is 5.23. The molecule has 1 N–H and O–H groups in total. The average Bonchev–Trinajstić information content (AvgIpc) is 2.70. The highest BCUT2D eigenvalue weighted by molar-refractivity contribution is 8.22. The van der Waals surface area contributed by atoms with E-state index in [0.29, 0.717) is 0 Å². The van der Waals surface area contributed by atoms with Gasteiger partial charge in [-0.3, -0.25) is 0 Å². The molecule has 1 aliphatic rings. The van der Waals surface area contributed by atoms with Crippen molar-refractivity contribution in [3.8, 4) is 5.75 Å². The number of hydrogen-bond donors (Lipinski definition) is 1. The van der Waals surface area contributed by atoms with Crippen LogP contribution in [0.25, 0.3) is 11.0 Å². The smallest absolute Gasteiger partial charge is 0.171 e. The van der Waals surface area contributed by atoms with Crippen molar-refractivity contribution in [2.24, 2.45) is 4.99 Å². The van der Waals surface area contributed by atoms with Crippen molar-refractivity contribution in [3.63, 3.8) is 0 Å². The van der Waals surface area contributed by atoms with Crippen LogP contribution >= 0.6 is 11.8 Å². The Balaban J connectivity index is 1.69. The standard InChI is InChI=1S/C23H20N2OS/c1-16-8-13-21-20(14-16)22(15-17-6-4-3-5-7-17)27-23(25-21)24-18-9-11-19(26-2)12-10-18/h3-15H,1-2H3,(H,24,25)/b22-15-. The van der Waals surface area contributed by atoms with Crippen LogP contribution in [0.4, 0.5) is 11.4 Å². The summed E-state index contributed by atoms with van der Waals surface area (Å²) >= 11 is 1.65. The molecule has 0 saturated heterocycles. The number of amidine groups is 1. The number of ether oxygens (including phenoxy) is 1. The van der Waals surface area contributed by atoms with Gasteiger partial charge >= 0.3 is 0 Å². The number of nitrogens with zero attached hydrogens (tertiary/aromatic N) is 1. The van der Waals surface area contributed by atoms with Crippen molar-refractivity contribution in [2.45, 2.75) is 6.92 Å². The highest BCUT2D eigenvalue weighted by Crippen LogP contribution is 2.42. The number of thioether (sulfide) groups is 1. The molecule has 0 bridgehead atoms. The van der Waals surface area contributed by atoms with Gasteiger partial charge in [0.2, 0.25) is 0 Å². The van der Waals surface area contributed by atoms with Crippen molar-refractivity contribution in [1.29, 1.82) is 0 Å². The van der Waals surface area contributed by atoms with E-state index in [-0.39, 0.29) is 0 Å². The molecular formula is C23H20N2OS. The average molecular weight is 372 g/mol. The van der Waals surface area contributed by atoms with Gasteiger partial charge in [0.1, 0.15) is 5.75 Å². The first-order valence-corrected chi connectivity index (χ1v) is 9.58. The van der Waals surface area contributed by atoms with Crippen molar-refractivity contribution < 1.29 is 4.74 Å². The van der Waals surface area contributed by atoms with Crippen LogP contribution in [-0.4, -0.2) is 12.3 Å². The maximum atomic E-state index is 5.23. The van der Waals surface area contributed by atoms with E-state index in [4.69, 9.17) is 9.73 Å². The van der Waals surface area contributed by atoms with Crippen molar-refractivity contribution in [3.05, 3.63) is 89.5 Å². The monoisotopic (exact) mass is 372 g/mol. The molecule has 0 radical (unpaired) electrons. The van der Waals surface area contributed by atoms with E-state index in [0.717, 1.165) is 22.3 Å². The second-order valence-electron chi connectivity index (χ2n) is 6.31. The van der Waals surface area contributed by atoms with Crippen LogP contribution in [-0.2, 0) is 0 Å². The highest BCUT2D eigenvalue weighted by atomic mass is 32.2. The van der Waals surface area contributed by atoms with E-state index in [9.17, 15) is 0 Å². The Bertz CT molecular complexity index is 1010. The third-order valence-electron chi connectivity index (χ3n) is 4.28. The predicted molar refractivity (Wildman–Crippen MR) is 117 cm³/mol. The minimum atomic E-state index is 0.837. The maximum Gasteiger partial charge on any atom is 0.171 e. The van der Waals surface area contributed by atoms with Gasteiger partial charge in [-0.25, -0.2) is 4.99 Å². The molecule has 4 rings (SSSR count). The largest absolute Gasteiger partial charge is 0.497 e. The van der Waals surface area contributed by atoms with Gasteiger partial charge in [0.15, 0.2) is 5.17 Å². The molecule has 1 aliphatic heterocycles. The molecule has 0 atom stereocenters. The zero-order valence-corrected chi connectivity index (χ0v) is 16.1. The zero-order chi connectivity index (χ0) is 18.6. The second kappa shape index (κ2) is 7.72. The van der Waals surface area contributed by atoms with E-state index in [2.05, 4.69) is 60.8 Å². The molecule has 1 heterocycles. The molecule has 0 fully saturated rings. The number of anilines is 1. The topological polar surface area (TPSA) is 33.6 Å². The predicted octanol–water partition coefficient (Wildman–Crippen LogP) is 6.35. The number of hydrogen-bond acceptors (Lipinski definition) is 4. The number of methoxy groups -OCH3 is 1. The Morgan fingerprint density at radius 3 is 2.48 bits per heavy atom. The van der Waals surface area contributed by atoms with Gasteiger partial charge < -0.3 is 10.1 Å².